The molecular formula is C17H27N3O2. The van der Waals surface area contributed by atoms with E-state index in [1.54, 1.807) is 0 Å². The summed E-state index contributed by atoms with van der Waals surface area (Å²) in [5.41, 5.74) is 1.03. The van der Waals surface area contributed by atoms with Crippen molar-refractivity contribution < 1.29 is 9.53 Å². The van der Waals surface area contributed by atoms with Crippen LogP contribution < -0.4 is 15.4 Å². The van der Waals surface area contributed by atoms with E-state index in [-0.39, 0.29) is 11.8 Å². The number of nitrogens with zero attached hydrogens (tertiary/aromatic N) is 1. The van der Waals surface area contributed by atoms with Crippen molar-refractivity contribution in [3.63, 3.8) is 0 Å². The average molecular weight is 305 g/mol. The number of para-hydroxylation sites is 1. The van der Waals surface area contributed by atoms with Crippen molar-refractivity contribution >= 4 is 5.91 Å². The summed E-state index contributed by atoms with van der Waals surface area (Å²) in [5.74, 6) is 1.08. The second-order valence-corrected chi connectivity index (χ2v) is 6.02. The zero-order valence-electron chi connectivity index (χ0n) is 13.6. The number of carbonyl (C=O) groups is 1. The molecule has 1 aliphatic heterocycles. The first kappa shape index (κ1) is 16.8. The molecule has 0 bridgehead atoms. The van der Waals surface area contributed by atoms with Crippen LogP contribution in [0.4, 0.5) is 0 Å². The van der Waals surface area contributed by atoms with E-state index in [9.17, 15) is 4.79 Å². The summed E-state index contributed by atoms with van der Waals surface area (Å²) in [6.07, 6.45) is 2.04. The van der Waals surface area contributed by atoms with Crippen molar-refractivity contribution in [1.82, 2.24) is 15.5 Å². The molecule has 0 saturated carbocycles. The molecule has 1 fully saturated rings. The third kappa shape index (κ3) is 5.31. The summed E-state index contributed by atoms with van der Waals surface area (Å²) >= 11 is 0. The Morgan fingerprint density at radius 2 is 2.23 bits per heavy atom. The summed E-state index contributed by atoms with van der Waals surface area (Å²) in [5, 5.41) is 6.31. The molecule has 5 heteroatoms. The van der Waals surface area contributed by atoms with Crippen molar-refractivity contribution in [2.45, 2.75) is 19.4 Å². The van der Waals surface area contributed by atoms with Crippen LogP contribution in [0.25, 0.3) is 0 Å². The van der Waals surface area contributed by atoms with Gasteiger partial charge in [0.2, 0.25) is 5.91 Å². The maximum Gasteiger partial charge on any atom is 0.224 e. The Morgan fingerprint density at radius 3 is 2.95 bits per heavy atom. The van der Waals surface area contributed by atoms with E-state index in [1.807, 2.05) is 38.4 Å². The van der Waals surface area contributed by atoms with Gasteiger partial charge in [-0.05, 0) is 39.5 Å². The molecule has 122 valence electrons. The minimum absolute atomic E-state index is 0.0931. The number of hydrogen-bond acceptors (Lipinski definition) is 4. The van der Waals surface area contributed by atoms with E-state index >= 15 is 0 Å². The van der Waals surface area contributed by atoms with Gasteiger partial charge >= 0.3 is 0 Å². The lowest BCUT2D eigenvalue weighted by Gasteiger charge is -2.22. The second kappa shape index (κ2) is 8.76. The molecule has 0 radical (unpaired) electrons. The van der Waals surface area contributed by atoms with Crippen LogP contribution in [0.2, 0.25) is 0 Å². The lowest BCUT2D eigenvalue weighted by Crippen LogP contribution is -2.40. The standard InChI is InChI=1S/C17H27N3O2/c1-20(2)10-11-22-16-8-4-3-6-14(16)13-19-17(21)15-7-5-9-18-12-15/h3-4,6,8,15,18H,5,7,9-13H2,1-2H3,(H,19,21). The monoisotopic (exact) mass is 305 g/mol. The van der Waals surface area contributed by atoms with Crippen LogP contribution in [-0.4, -0.2) is 51.1 Å². The Bertz CT molecular complexity index is 471. The number of piperidine rings is 1. The first-order valence-corrected chi connectivity index (χ1v) is 8.00. The molecule has 1 aromatic carbocycles. The van der Waals surface area contributed by atoms with Gasteiger partial charge in [0.25, 0.3) is 0 Å². The van der Waals surface area contributed by atoms with Crippen LogP contribution in [0.1, 0.15) is 18.4 Å². The van der Waals surface area contributed by atoms with Crippen LogP contribution in [0.3, 0.4) is 0 Å². The highest BCUT2D eigenvalue weighted by Crippen LogP contribution is 2.18. The first-order valence-electron chi connectivity index (χ1n) is 8.00. The molecule has 1 saturated heterocycles. The molecule has 1 unspecified atom stereocenters. The fourth-order valence-corrected chi connectivity index (χ4v) is 2.53. The van der Waals surface area contributed by atoms with Gasteiger partial charge in [-0.1, -0.05) is 18.2 Å². The molecule has 5 nitrogen and oxygen atoms in total. The molecule has 2 rings (SSSR count). The second-order valence-electron chi connectivity index (χ2n) is 6.02. The minimum Gasteiger partial charge on any atom is -0.492 e. The van der Waals surface area contributed by atoms with Crippen LogP contribution in [0, 0.1) is 5.92 Å². The van der Waals surface area contributed by atoms with Gasteiger partial charge < -0.3 is 20.3 Å². The summed E-state index contributed by atoms with van der Waals surface area (Å²) in [6, 6.07) is 7.90. The molecule has 1 atom stereocenters. The fraction of sp³-hybridized carbons (Fsp3) is 0.588. The Kier molecular flexibility index (Phi) is 6.68. The van der Waals surface area contributed by atoms with Crippen molar-refractivity contribution in [2.24, 2.45) is 5.92 Å². The number of amides is 1. The highest BCUT2D eigenvalue weighted by molar-refractivity contribution is 5.79. The van der Waals surface area contributed by atoms with E-state index in [0.29, 0.717) is 13.2 Å². The number of benzene rings is 1. The summed E-state index contributed by atoms with van der Waals surface area (Å²) in [7, 11) is 4.04. The third-order valence-electron chi connectivity index (χ3n) is 3.89. The SMILES string of the molecule is CN(C)CCOc1ccccc1CNC(=O)C1CCCNC1. The van der Waals surface area contributed by atoms with Crippen LogP contribution in [0.15, 0.2) is 24.3 Å². The molecule has 0 aromatic heterocycles. The van der Waals surface area contributed by atoms with Gasteiger partial charge in [0, 0.05) is 25.2 Å². The van der Waals surface area contributed by atoms with E-state index in [1.165, 1.54) is 0 Å². The Hall–Kier alpha value is -1.59. The zero-order valence-corrected chi connectivity index (χ0v) is 13.6. The van der Waals surface area contributed by atoms with Crippen molar-refractivity contribution in [3.8, 4) is 5.75 Å². The topological polar surface area (TPSA) is 53.6 Å². The molecule has 0 aliphatic carbocycles. The highest BCUT2D eigenvalue weighted by Gasteiger charge is 2.20. The van der Waals surface area contributed by atoms with Gasteiger partial charge in [0.15, 0.2) is 0 Å². The Morgan fingerprint density at radius 1 is 1.41 bits per heavy atom. The number of hydrogen-bond donors (Lipinski definition) is 2. The average Bonchev–Trinajstić information content (AvgIpc) is 2.54. The smallest absolute Gasteiger partial charge is 0.224 e. The van der Waals surface area contributed by atoms with Crippen molar-refractivity contribution in [3.05, 3.63) is 29.8 Å². The van der Waals surface area contributed by atoms with Crippen molar-refractivity contribution in [1.29, 1.82) is 0 Å². The van der Waals surface area contributed by atoms with Gasteiger partial charge in [0.1, 0.15) is 12.4 Å². The van der Waals surface area contributed by atoms with E-state index in [2.05, 4.69) is 15.5 Å². The van der Waals surface area contributed by atoms with E-state index in [4.69, 9.17) is 4.74 Å². The molecule has 2 N–H and O–H groups in total. The highest BCUT2D eigenvalue weighted by atomic mass is 16.5. The van der Waals surface area contributed by atoms with Crippen LogP contribution in [-0.2, 0) is 11.3 Å². The maximum atomic E-state index is 12.2. The quantitative estimate of drug-likeness (QED) is 0.796. The molecule has 1 aromatic rings. The summed E-state index contributed by atoms with van der Waals surface area (Å²) in [4.78, 5) is 14.3. The Balaban J connectivity index is 1.84. The van der Waals surface area contributed by atoms with Crippen LogP contribution >= 0.6 is 0 Å². The predicted molar refractivity (Wildman–Crippen MR) is 87.9 cm³/mol. The lowest BCUT2D eigenvalue weighted by atomic mass is 9.99. The molecule has 1 amide bonds. The molecule has 1 aliphatic rings. The largest absolute Gasteiger partial charge is 0.492 e. The number of rotatable bonds is 7. The number of ether oxygens (including phenoxy) is 1. The predicted octanol–water partition coefficient (Wildman–Crippen LogP) is 1.24. The fourth-order valence-electron chi connectivity index (χ4n) is 2.53. The summed E-state index contributed by atoms with van der Waals surface area (Å²) in [6.45, 7) is 3.84. The van der Waals surface area contributed by atoms with Gasteiger partial charge in [-0.2, -0.15) is 0 Å². The lowest BCUT2D eigenvalue weighted by molar-refractivity contribution is -0.125. The van der Waals surface area contributed by atoms with Gasteiger partial charge in [-0.25, -0.2) is 0 Å². The van der Waals surface area contributed by atoms with Gasteiger partial charge in [-0.15, -0.1) is 0 Å². The van der Waals surface area contributed by atoms with E-state index in [0.717, 1.165) is 43.8 Å². The van der Waals surface area contributed by atoms with Crippen LogP contribution in [0.5, 0.6) is 5.75 Å². The van der Waals surface area contributed by atoms with Crippen molar-refractivity contribution in [2.75, 3.05) is 40.3 Å². The zero-order chi connectivity index (χ0) is 15.8. The molecule has 0 spiro atoms. The maximum absolute atomic E-state index is 12.2. The molecule has 22 heavy (non-hydrogen) atoms. The number of nitrogens with one attached hydrogen (secondary N) is 2. The molecular weight excluding hydrogens is 278 g/mol. The third-order valence-corrected chi connectivity index (χ3v) is 3.89. The van der Waals surface area contributed by atoms with Gasteiger partial charge in [0.05, 0.1) is 5.92 Å². The number of likely N-dealkylation sites (N-methyl/N-ethyl adjacent to an activating group) is 1. The number of carbonyl (C=O) groups excluding carboxylic acids is 1. The first-order chi connectivity index (χ1) is 10.7. The summed E-state index contributed by atoms with van der Waals surface area (Å²) < 4.78 is 5.82. The van der Waals surface area contributed by atoms with Gasteiger partial charge in [-0.3, -0.25) is 4.79 Å². The van der Waals surface area contributed by atoms with E-state index < -0.39 is 0 Å². The normalized spacial score (nSPS) is 18.2. The minimum atomic E-state index is 0.0931. The Labute approximate surface area is 133 Å². The molecule has 1 heterocycles.